The Bertz CT molecular complexity index is 378. The standard InChI is InChI=1S/C8H9Cl2F2N3O/c1-15(3-8(11,12)4-16)5-2-13-14-7(10)6(5)9/h2,16H,3-4H2,1H3. The van der Waals surface area contributed by atoms with Gasteiger partial charge in [0.2, 0.25) is 0 Å². The first kappa shape index (κ1) is 13.3. The van der Waals surface area contributed by atoms with E-state index in [0.717, 1.165) is 4.90 Å². The van der Waals surface area contributed by atoms with Gasteiger partial charge in [0.15, 0.2) is 5.15 Å². The molecule has 0 fully saturated rings. The Balaban J connectivity index is 2.89. The van der Waals surface area contributed by atoms with Crippen LogP contribution >= 0.6 is 23.2 Å². The van der Waals surface area contributed by atoms with Crippen molar-refractivity contribution in [3.05, 3.63) is 16.4 Å². The van der Waals surface area contributed by atoms with E-state index in [1.807, 2.05) is 0 Å². The molecule has 4 nitrogen and oxygen atoms in total. The van der Waals surface area contributed by atoms with Crippen LogP contribution in [-0.4, -0.2) is 41.4 Å². The van der Waals surface area contributed by atoms with Gasteiger partial charge in [-0.2, -0.15) is 5.10 Å². The summed E-state index contributed by atoms with van der Waals surface area (Å²) in [4.78, 5) is 1.15. The first-order chi connectivity index (χ1) is 7.37. The molecule has 0 atom stereocenters. The van der Waals surface area contributed by atoms with Gasteiger partial charge in [-0.1, -0.05) is 23.2 Å². The molecule has 90 valence electrons. The number of alkyl halides is 2. The van der Waals surface area contributed by atoms with Crippen molar-refractivity contribution in [2.24, 2.45) is 0 Å². The number of hydrogen-bond donors (Lipinski definition) is 1. The molecule has 0 spiro atoms. The molecule has 0 aliphatic carbocycles. The van der Waals surface area contributed by atoms with E-state index in [0.29, 0.717) is 0 Å². The highest BCUT2D eigenvalue weighted by atomic mass is 35.5. The van der Waals surface area contributed by atoms with Crippen molar-refractivity contribution >= 4 is 28.9 Å². The second kappa shape index (κ2) is 5.07. The maximum Gasteiger partial charge on any atom is 0.287 e. The summed E-state index contributed by atoms with van der Waals surface area (Å²) in [6.45, 7) is -1.92. The van der Waals surface area contributed by atoms with Crippen LogP contribution in [0.2, 0.25) is 10.2 Å². The van der Waals surface area contributed by atoms with E-state index in [4.69, 9.17) is 28.3 Å². The second-order valence-electron chi connectivity index (χ2n) is 3.20. The summed E-state index contributed by atoms with van der Waals surface area (Å²) >= 11 is 11.4. The summed E-state index contributed by atoms with van der Waals surface area (Å²) in [7, 11) is 1.39. The maximum absolute atomic E-state index is 12.9. The van der Waals surface area contributed by atoms with Gasteiger partial charge < -0.3 is 10.0 Å². The van der Waals surface area contributed by atoms with Gasteiger partial charge in [-0.05, 0) is 0 Å². The normalized spacial score (nSPS) is 11.6. The van der Waals surface area contributed by atoms with E-state index in [2.05, 4.69) is 10.2 Å². The van der Waals surface area contributed by atoms with Crippen molar-refractivity contribution in [3.63, 3.8) is 0 Å². The number of aliphatic hydroxyl groups excluding tert-OH is 1. The molecule has 0 saturated carbocycles. The van der Waals surface area contributed by atoms with Crippen molar-refractivity contribution in [1.29, 1.82) is 0 Å². The zero-order chi connectivity index (χ0) is 12.3. The van der Waals surface area contributed by atoms with E-state index in [9.17, 15) is 8.78 Å². The summed E-state index contributed by atoms with van der Waals surface area (Å²) in [5.41, 5.74) is 0.231. The lowest BCUT2D eigenvalue weighted by atomic mass is 10.3. The Kier molecular flexibility index (Phi) is 4.23. The first-order valence-corrected chi connectivity index (χ1v) is 4.99. The fourth-order valence-electron chi connectivity index (χ4n) is 1.09. The minimum absolute atomic E-state index is 0.0490. The number of nitrogens with zero attached hydrogens (tertiary/aromatic N) is 3. The predicted molar refractivity (Wildman–Crippen MR) is 57.4 cm³/mol. The van der Waals surface area contributed by atoms with Gasteiger partial charge >= 0.3 is 0 Å². The Labute approximate surface area is 101 Å². The number of halogens is 4. The van der Waals surface area contributed by atoms with Gasteiger partial charge in [0.05, 0.1) is 18.4 Å². The Hall–Kier alpha value is -0.720. The van der Waals surface area contributed by atoms with Crippen molar-refractivity contribution in [1.82, 2.24) is 10.2 Å². The van der Waals surface area contributed by atoms with E-state index in [1.165, 1.54) is 13.2 Å². The number of anilines is 1. The molecule has 0 radical (unpaired) electrons. The monoisotopic (exact) mass is 271 g/mol. The molecule has 8 heteroatoms. The fraction of sp³-hybridized carbons (Fsp3) is 0.500. The molecule has 1 aromatic heterocycles. The smallest absolute Gasteiger partial charge is 0.287 e. The van der Waals surface area contributed by atoms with Gasteiger partial charge in [0.25, 0.3) is 5.92 Å². The molecule has 0 bridgehead atoms. The molecular formula is C8H9Cl2F2N3O. The lowest BCUT2D eigenvalue weighted by Crippen LogP contribution is -2.37. The number of rotatable bonds is 4. The summed E-state index contributed by atoms with van der Waals surface area (Å²) in [6, 6.07) is 0. The quantitative estimate of drug-likeness (QED) is 0.908. The van der Waals surface area contributed by atoms with Crippen molar-refractivity contribution in [2.75, 3.05) is 25.1 Å². The third-order valence-corrected chi connectivity index (χ3v) is 2.58. The minimum Gasteiger partial charge on any atom is -0.390 e. The highest BCUT2D eigenvalue weighted by Crippen LogP contribution is 2.30. The summed E-state index contributed by atoms with van der Waals surface area (Å²) in [6.07, 6.45) is 1.22. The van der Waals surface area contributed by atoms with E-state index in [1.54, 1.807) is 0 Å². The topological polar surface area (TPSA) is 49.2 Å². The highest BCUT2D eigenvalue weighted by molar-refractivity contribution is 6.42. The first-order valence-electron chi connectivity index (χ1n) is 4.24. The van der Waals surface area contributed by atoms with Crippen LogP contribution in [0, 0.1) is 0 Å². The Morgan fingerprint density at radius 2 is 2.12 bits per heavy atom. The molecule has 0 amide bonds. The molecule has 16 heavy (non-hydrogen) atoms. The maximum atomic E-state index is 12.9. The number of aromatic nitrogens is 2. The molecule has 1 rings (SSSR count). The van der Waals surface area contributed by atoms with Crippen LogP contribution in [0.1, 0.15) is 0 Å². The Morgan fingerprint density at radius 1 is 1.50 bits per heavy atom. The molecule has 1 N–H and O–H groups in total. The average molecular weight is 272 g/mol. The predicted octanol–water partition coefficient (Wildman–Crippen LogP) is 1.85. The van der Waals surface area contributed by atoms with Gasteiger partial charge in [-0.25, -0.2) is 8.78 Å². The molecule has 0 aliphatic heterocycles. The molecule has 0 saturated heterocycles. The highest BCUT2D eigenvalue weighted by Gasteiger charge is 2.30. The van der Waals surface area contributed by atoms with Crippen LogP contribution in [0.5, 0.6) is 0 Å². The molecule has 1 heterocycles. The van der Waals surface area contributed by atoms with Gasteiger partial charge in [-0.3, -0.25) is 0 Å². The summed E-state index contributed by atoms with van der Waals surface area (Å²) < 4.78 is 25.8. The summed E-state index contributed by atoms with van der Waals surface area (Å²) in [5.74, 6) is -3.21. The Morgan fingerprint density at radius 3 is 2.69 bits per heavy atom. The van der Waals surface area contributed by atoms with Crippen LogP contribution in [-0.2, 0) is 0 Å². The van der Waals surface area contributed by atoms with Crippen LogP contribution in [0.4, 0.5) is 14.5 Å². The van der Waals surface area contributed by atoms with Crippen LogP contribution < -0.4 is 4.90 Å². The van der Waals surface area contributed by atoms with Gasteiger partial charge in [-0.15, -0.1) is 5.10 Å². The molecule has 0 aromatic carbocycles. The van der Waals surface area contributed by atoms with Crippen molar-refractivity contribution in [3.8, 4) is 0 Å². The van der Waals surface area contributed by atoms with E-state index < -0.39 is 19.1 Å². The zero-order valence-electron chi connectivity index (χ0n) is 8.29. The van der Waals surface area contributed by atoms with E-state index in [-0.39, 0.29) is 15.9 Å². The minimum atomic E-state index is -3.21. The second-order valence-corrected chi connectivity index (χ2v) is 3.94. The van der Waals surface area contributed by atoms with Gasteiger partial charge in [0.1, 0.15) is 11.6 Å². The SMILES string of the molecule is CN(CC(F)(F)CO)c1cnnc(Cl)c1Cl. The van der Waals surface area contributed by atoms with Crippen LogP contribution in [0.3, 0.4) is 0 Å². The van der Waals surface area contributed by atoms with E-state index >= 15 is 0 Å². The molecule has 0 unspecified atom stereocenters. The van der Waals surface area contributed by atoms with Crippen LogP contribution in [0.15, 0.2) is 6.20 Å². The van der Waals surface area contributed by atoms with Crippen molar-refractivity contribution < 1.29 is 13.9 Å². The molecule has 0 aliphatic rings. The lowest BCUT2D eigenvalue weighted by Gasteiger charge is -2.24. The molecule has 1 aromatic rings. The molecular weight excluding hydrogens is 263 g/mol. The van der Waals surface area contributed by atoms with Crippen molar-refractivity contribution in [2.45, 2.75) is 5.92 Å². The number of aliphatic hydroxyl groups is 1. The summed E-state index contributed by atoms with van der Waals surface area (Å²) in [5, 5.41) is 15.4. The van der Waals surface area contributed by atoms with Crippen LogP contribution in [0.25, 0.3) is 0 Å². The average Bonchev–Trinajstić information content (AvgIpc) is 2.21. The fourth-order valence-corrected chi connectivity index (χ4v) is 1.46. The third kappa shape index (κ3) is 3.13. The van der Waals surface area contributed by atoms with Gasteiger partial charge in [0, 0.05) is 7.05 Å². The number of hydrogen-bond acceptors (Lipinski definition) is 4. The zero-order valence-corrected chi connectivity index (χ0v) is 9.80. The third-order valence-electron chi connectivity index (χ3n) is 1.84. The lowest BCUT2D eigenvalue weighted by molar-refractivity contribution is -0.0415. The largest absolute Gasteiger partial charge is 0.390 e.